The number of hydrogen-bond donors (Lipinski definition) is 1. The summed E-state index contributed by atoms with van der Waals surface area (Å²) in [7, 11) is 0. The fourth-order valence-electron chi connectivity index (χ4n) is 3.03. The molecule has 3 rings (SSSR count). The van der Waals surface area contributed by atoms with Crippen molar-refractivity contribution in [2.75, 3.05) is 6.54 Å². The molecule has 32 heavy (non-hydrogen) atoms. The van der Waals surface area contributed by atoms with Gasteiger partial charge in [0.05, 0.1) is 22.4 Å². The highest BCUT2D eigenvalue weighted by Gasteiger charge is 2.36. The third-order valence-electron chi connectivity index (χ3n) is 4.55. The first-order valence-corrected chi connectivity index (χ1v) is 9.41. The van der Waals surface area contributed by atoms with Gasteiger partial charge in [0.15, 0.2) is 0 Å². The van der Waals surface area contributed by atoms with Gasteiger partial charge in [-0.15, -0.1) is 0 Å². The highest BCUT2D eigenvalue weighted by molar-refractivity contribution is 5.99. The van der Waals surface area contributed by atoms with Crippen LogP contribution >= 0.6 is 0 Å². The highest BCUT2D eigenvalue weighted by atomic mass is 19.4. The molecule has 2 aromatic carbocycles. The summed E-state index contributed by atoms with van der Waals surface area (Å²) in [6, 6.07) is 10.2. The van der Waals surface area contributed by atoms with E-state index in [1.807, 2.05) is 0 Å². The number of carbonyl (C=O) groups excluding carboxylic acids is 1. The molecule has 0 saturated heterocycles. The molecule has 0 radical (unpaired) electrons. The number of nitrogens with one attached hydrogen (secondary N) is 1. The summed E-state index contributed by atoms with van der Waals surface area (Å²) in [5.74, 6) is -0.157. The second kappa shape index (κ2) is 8.97. The molecular formula is C22H17F6N3O. The van der Waals surface area contributed by atoms with Crippen LogP contribution in [0.2, 0.25) is 0 Å². The Morgan fingerprint density at radius 2 is 1.53 bits per heavy atom. The van der Waals surface area contributed by atoms with E-state index in [9.17, 15) is 31.1 Å². The molecule has 10 heteroatoms. The van der Waals surface area contributed by atoms with Gasteiger partial charge in [-0.2, -0.15) is 26.3 Å². The molecule has 0 bridgehead atoms. The Morgan fingerprint density at radius 3 is 2.09 bits per heavy atom. The second-order valence-electron chi connectivity index (χ2n) is 6.97. The van der Waals surface area contributed by atoms with Gasteiger partial charge in [-0.05, 0) is 37.1 Å². The Bertz CT molecular complexity index is 1080. The van der Waals surface area contributed by atoms with E-state index in [-0.39, 0.29) is 30.2 Å². The van der Waals surface area contributed by atoms with Gasteiger partial charge in [-0.3, -0.25) is 4.79 Å². The number of alkyl halides is 6. The number of carbonyl (C=O) groups is 1. The van der Waals surface area contributed by atoms with Crippen molar-refractivity contribution in [1.29, 1.82) is 0 Å². The predicted molar refractivity (Wildman–Crippen MR) is 105 cm³/mol. The van der Waals surface area contributed by atoms with E-state index in [2.05, 4.69) is 15.3 Å². The standard InChI is InChI=1S/C22H17F6N3O/c1-13-30-12-18(19(31-13)15-5-3-2-4-6-15)20(32)29-8-7-14-9-16(21(23,24)25)11-17(10-14)22(26,27)28/h2-6,9-12H,7-8H2,1H3,(H,29,32). The normalized spacial score (nSPS) is 12.0. The smallest absolute Gasteiger partial charge is 0.352 e. The van der Waals surface area contributed by atoms with Crippen LogP contribution in [0.3, 0.4) is 0 Å². The molecule has 0 spiro atoms. The molecule has 1 heterocycles. The lowest BCUT2D eigenvalue weighted by Gasteiger charge is -2.14. The molecule has 168 valence electrons. The summed E-state index contributed by atoms with van der Waals surface area (Å²) in [5, 5.41) is 2.51. The lowest BCUT2D eigenvalue weighted by Crippen LogP contribution is -2.27. The molecule has 1 amide bonds. The van der Waals surface area contributed by atoms with Crippen LogP contribution in [0.4, 0.5) is 26.3 Å². The van der Waals surface area contributed by atoms with E-state index in [4.69, 9.17) is 0 Å². The van der Waals surface area contributed by atoms with Crippen molar-refractivity contribution in [3.05, 3.63) is 82.8 Å². The monoisotopic (exact) mass is 453 g/mol. The minimum absolute atomic E-state index is 0.0673. The average Bonchev–Trinajstić information content (AvgIpc) is 2.73. The Balaban J connectivity index is 1.79. The number of nitrogens with zero attached hydrogens (tertiary/aromatic N) is 2. The average molecular weight is 453 g/mol. The van der Waals surface area contributed by atoms with Crippen molar-refractivity contribution < 1.29 is 31.1 Å². The maximum Gasteiger partial charge on any atom is 0.416 e. The molecule has 0 unspecified atom stereocenters. The summed E-state index contributed by atoms with van der Waals surface area (Å²) in [6.45, 7) is 1.47. The van der Waals surface area contributed by atoms with Gasteiger partial charge >= 0.3 is 12.4 Å². The fourth-order valence-corrected chi connectivity index (χ4v) is 3.03. The Labute approximate surface area is 179 Å². The number of amides is 1. The van der Waals surface area contributed by atoms with Crippen LogP contribution in [-0.4, -0.2) is 22.4 Å². The number of aryl methyl sites for hydroxylation is 1. The largest absolute Gasteiger partial charge is 0.416 e. The molecule has 0 aliphatic carbocycles. The fraction of sp³-hybridized carbons (Fsp3) is 0.227. The first-order chi connectivity index (χ1) is 14.9. The molecule has 1 N–H and O–H groups in total. The first-order valence-electron chi connectivity index (χ1n) is 9.41. The third kappa shape index (κ3) is 5.63. The topological polar surface area (TPSA) is 54.9 Å². The Morgan fingerprint density at radius 1 is 0.938 bits per heavy atom. The van der Waals surface area contributed by atoms with E-state index in [0.29, 0.717) is 29.2 Å². The Kier molecular flexibility index (Phi) is 6.52. The number of hydrogen-bond acceptors (Lipinski definition) is 3. The minimum Gasteiger partial charge on any atom is -0.352 e. The van der Waals surface area contributed by atoms with Gasteiger partial charge in [0.1, 0.15) is 5.82 Å². The van der Waals surface area contributed by atoms with Crippen molar-refractivity contribution in [2.24, 2.45) is 0 Å². The zero-order valence-electron chi connectivity index (χ0n) is 16.7. The molecule has 4 nitrogen and oxygen atoms in total. The lowest BCUT2D eigenvalue weighted by molar-refractivity contribution is -0.143. The van der Waals surface area contributed by atoms with E-state index in [1.54, 1.807) is 37.3 Å². The van der Waals surface area contributed by atoms with Gasteiger partial charge in [0.25, 0.3) is 5.91 Å². The predicted octanol–water partition coefficient (Wildman–Crippen LogP) is 5.46. The maximum absolute atomic E-state index is 13.0. The van der Waals surface area contributed by atoms with Crippen molar-refractivity contribution in [1.82, 2.24) is 15.3 Å². The molecule has 1 aromatic heterocycles. The summed E-state index contributed by atoms with van der Waals surface area (Å²) >= 11 is 0. The zero-order chi connectivity index (χ0) is 23.5. The van der Waals surface area contributed by atoms with Crippen molar-refractivity contribution in [3.8, 4) is 11.3 Å². The van der Waals surface area contributed by atoms with Gasteiger partial charge in [-0.25, -0.2) is 9.97 Å². The van der Waals surface area contributed by atoms with Gasteiger partial charge in [0, 0.05) is 18.3 Å². The summed E-state index contributed by atoms with van der Waals surface area (Å²) in [4.78, 5) is 20.9. The van der Waals surface area contributed by atoms with E-state index < -0.39 is 29.4 Å². The summed E-state index contributed by atoms with van der Waals surface area (Å²) in [5.41, 5.74) is -1.82. The van der Waals surface area contributed by atoms with Gasteiger partial charge in [-0.1, -0.05) is 30.3 Å². The molecule has 0 saturated carbocycles. The van der Waals surface area contributed by atoms with Crippen LogP contribution in [0.1, 0.15) is 32.9 Å². The van der Waals surface area contributed by atoms with Crippen molar-refractivity contribution >= 4 is 5.91 Å². The molecule has 0 atom stereocenters. The molecule has 0 aliphatic heterocycles. The lowest BCUT2D eigenvalue weighted by atomic mass is 10.0. The minimum atomic E-state index is -4.93. The molecule has 3 aromatic rings. The summed E-state index contributed by atoms with van der Waals surface area (Å²) < 4.78 is 78.0. The quantitative estimate of drug-likeness (QED) is 0.522. The third-order valence-corrected chi connectivity index (χ3v) is 4.55. The van der Waals surface area contributed by atoms with Crippen LogP contribution in [0.5, 0.6) is 0 Å². The number of rotatable bonds is 5. The number of halogens is 6. The van der Waals surface area contributed by atoms with Gasteiger partial charge in [0.2, 0.25) is 0 Å². The number of benzene rings is 2. The number of aromatic nitrogens is 2. The molecular weight excluding hydrogens is 436 g/mol. The van der Waals surface area contributed by atoms with Crippen molar-refractivity contribution in [2.45, 2.75) is 25.7 Å². The maximum atomic E-state index is 13.0. The van der Waals surface area contributed by atoms with Crippen LogP contribution < -0.4 is 5.32 Å². The van der Waals surface area contributed by atoms with Gasteiger partial charge < -0.3 is 5.32 Å². The van der Waals surface area contributed by atoms with E-state index in [0.717, 1.165) is 0 Å². The first kappa shape index (κ1) is 23.2. The summed E-state index contributed by atoms with van der Waals surface area (Å²) in [6.07, 6.45) is -8.76. The molecule has 0 fully saturated rings. The van der Waals surface area contributed by atoms with Crippen LogP contribution in [0.25, 0.3) is 11.3 Å². The van der Waals surface area contributed by atoms with Crippen LogP contribution in [0, 0.1) is 6.92 Å². The highest BCUT2D eigenvalue weighted by Crippen LogP contribution is 2.36. The second-order valence-corrected chi connectivity index (χ2v) is 6.97. The van der Waals surface area contributed by atoms with Crippen molar-refractivity contribution in [3.63, 3.8) is 0 Å². The zero-order valence-corrected chi connectivity index (χ0v) is 16.7. The van der Waals surface area contributed by atoms with Crippen LogP contribution in [-0.2, 0) is 18.8 Å². The van der Waals surface area contributed by atoms with Crippen LogP contribution in [0.15, 0.2) is 54.7 Å². The molecule has 0 aliphatic rings. The Hall–Kier alpha value is -3.43. The van der Waals surface area contributed by atoms with E-state index >= 15 is 0 Å². The SMILES string of the molecule is Cc1ncc(C(=O)NCCc2cc(C(F)(F)F)cc(C(F)(F)F)c2)c(-c2ccccc2)n1. The van der Waals surface area contributed by atoms with E-state index in [1.165, 1.54) is 6.20 Å².